The van der Waals surface area contributed by atoms with Crippen molar-refractivity contribution in [1.82, 2.24) is 0 Å². The van der Waals surface area contributed by atoms with Crippen LogP contribution in [0, 0.1) is 10.8 Å². The summed E-state index contributed by atoms with van der Waals surface area (Å²) in [4.78, 5) is 3.27. The first-order valence-corrected chi connectivity index (χ1v) is 9.05. The van der Waals surface area contributed by atoms with Gasteiger partial charge < -0.3 is 5.11 Å². The van der Waals surface area contributed by atoms with E-state index in [1.807, 2.05) is 12.1 Å². The van der Waals surface area contributed by atoms with Crippen LogP contribution in [0.4, 0.5) is 0 Å². The molecule has 22 heavy (non-hydrogen) atoms. The van der Waals surface area contributed by atoms with Crippen LogP contribution < -0.4 is 9.80 Å². The van der Waals surface area contributed by atoms with E-state index in [4.69, 9.17) is 11.6 Å². The van der Waals surface area contributed by atoms with Crippen molar-refractivity contribution in [3.05, 3.63) is 34.9 Å². The van der Waals surface area contributed by atoms with Crippen LogP contribution in [0.25, 0.3) is 0 Å². The number of hydrogen-bond donors (Lipinski definition) is 3. The molecule has 0 spiro atoms. The Kier molecular flexibility index (Phi) is 3.36. The van der Waals surface area contributed by atoms with E-state index < -0.39 is 0 Å². The number of aliphatic hydroxyl groups excluding tert-OH is 1. The van der Waals surface area contributed by atoms with Gasteiger partial charge in [-0.3, -0.25) is 9.80 Å². The Labute approximate surface area is 137 Å². The van der Waals surface area contributed by atoms with Crippen molar-refractivity contribution in [2.45, 2.75) is 39.0 Å². The predicted octanol–water partition coefficient (Wildman–Crippen LogP) is 0.303. The van der Waals surface area contributed by atoms with E-state index in [1.54, 1.807) is 9.80 Å². The summed E-state index contributed by atoms with van der Waals surface area (Å²) in [5.74, 6) is 0. The lowest BCUT2D eigenvalue weighted by Crippen LogP contribution is -3.41. The highest BCUT2D eigenvalue weighted by Gasteiger charge is 2.70. The van der Waals surface area contributed by atoms with Crippen LogP contribution in [0.3, 0.4) is 0 Å². The summed E-state index contributed by atoms with van der Waals surface area (Å²) in [5, 5.41) is 12.0. The first-order valence-electron chi connectivity index (χ1n) is 8.67. The van der Waals surface area contributed by atoms with Crippen LogP contribution >= 0.6 is 11.6 Å². The quantitative estimate of drug-likeness (QED) is 0.734. The summed E-state index contributed by atoms with van der Waals surface area (Å²) in [6, 6.07) is 8.33. The lowest BCUT2D eigenvalue weighted by molar-refractivity contribution is -1.19. The molecule has 4 fully saturated rings. The van der Waals surface area contributed by atoms with E-state index in [2.05, 4.69) is 26.0 Å². The number of halogens is 1. The van der Waals surface area contributed by atoms with Gasteiger partial charge in [-0.15, -0.1) is 0 Å². The third kappa shape index (κ3) is 1.80. The van der Waals surface area contributed by atoms with Crippen molar-refractivity contribution in [1.29, 1.82) is 0 Å². The number of rotatable bonds is 3. The SMILES string of the molecule is CCC12C[NH+]3CC(CC)(C[NH+](C1)C3c1ccccc1Cl)C2O. The van der Waals surface area contributed by atoms with Crippen molar-refractivity contribution < 1.29 is 14.9 Å². The van der Waals surface area contributed by atoms with Crippen LogP contribution in [-0.4, -0.2) is 37.4 Å². The zero-order valence-electron chi connectivity index (χ0n) is 13.5. The van der Waals surface area contributed by atoms with Crippen LogP contribution in [-0.2, 0) is 0 Å². The molecule has 5 rings (SSSR count). The van der Waals surface area contributed by atoms with Gasteiger partial charge in [0.15, 0.2) is 0 Å². The highest BCUT2D eigenvalue weighted by atomic mass is 35.5. The second-order valence-corrected chi connectivity index (χ2v) is 8.22. The van der Waals surface area contributed by atoms with Gasteiger partial charge in [0.05, 0.1) is 53.7 Å². The molecule has 4 heterocycles. The number of nitrogens with one attached hydrogen (secondary N) is 2. The maximum absolute atomic E-state index is 11.1. The highest BCUT2D eigenvalue weighted by Crippen LogP contribution is 2.44. The highest BCUT2D eigenvalue weighted by molar-refractivity contribution is 6.31. The molecule has 4 aliphatic heterocycles. The van der Waals surface area contributed by atoms with Gasteiger partial charge in [0.1, 0.15) is 0 Å². The predicted molar refractivity (Wildman–Crippen MR) is 87.0 cm³/mol. The Morgan fingerprint density at radius 2 is 1.55 bits per heavy atom. The topological polar surface area (TPSA) is 29.1 Å². The molecule has 4 aliphatic rings. The smallest absolute Gasteiger partial charge is 0.241 e. The van der Waals surface area contributed by atoms with Gasteiger partial charge in [0.2, 0.25) is 6.17 Å². The number of benzene rings is 1. The fraction of sp³-hybridized carbons (Fsp3) is 0.667. The minimum atomic E-state index is -0.130. The Morgan fingerprint density at radius 3 is 2.00 bits per heavy atom. The molecule has 0 saturated carbocycles. The summed E-state index contributed by atoms with van der Waals surface area (Å²) >= 11 is 6.51. The normalized spacial score (nSPS) is 46.2. The third-order valence-electron chi connectivity index (χ3n) is 6.92. The summed E-state index contributed by atoms with van der Waals surface area (Å²) in [5.41, 5.74) is 1.50. The van der Waals surface area contributed by atoms with Crippen molar-refractivity contribution >= 4 is 11.6 Å². The van der Waals surface area contributed by atoms with Crippen LogP contribution in [0.1, 0.15) is 38.4 Å². The first-order chi connectivity index (χ1) is 10.6. The summed E-state index contributed by atoms with van der Waals surface area (Å²) < 4.78 is 0. The van der Waals surface area contributed by atoms with E-state index >= 15 is 0 Å². The molecule has 4 saturated heterocycles. The second-order valence-electron chi connectivity index (χ2n) is 7.81. The molecule has 0 unspecified atom stereocenters. The third-order valence-corrected chi connectivity index (χ3v) is 7.26. The van der Waals surface area contributed by atoms with E-state index in [0.29, 0.717) is 6.17 Å². The van der Waals surface area contributed by atoms with Gasteiger partial charge >= 0.3 is 0 Å². The molecule has 0 aliphatic carbocycles. The molecule has 1 aromatic rings. The molecule has 120 valence electrons. The van der Waals surface area contributed by atoms with E-state index in [9.17, 15) is 5.11 Å². The molecule has 4 heteroatoms. The Hall–Kier alpha value is -0.610. The molecule has 0 amide bonds. The monoisotopic (exact) mass is 322 g/mol. The average molecular weight is 323 g/mol. The average Bonchev–Trinajstić information content (AvgIpc) is 2.52. The minimum absolute atomic E-state index is 0.106. The molecule has 0 aromatic heterocycles. The summed E-state index contributed by atoms with van der Waals surface area (Å²) in [6.07, 6.45) is 2.48. The zero-order chi connectivity index (χ0) is 15.5. The van der Waals surface area contributed by atoms with E-state index in [-0.39, 0.29) is 16.9 Å². The zero-order valence-corrected chi connectivity index (χ0v) is 14.3. The van der Waals surface area contributed by atoms with Crippen LogP contribution in [0.2, 0.25) is 5.02 Å². The van der Waals surface area contributed by atoms with Gasteiger partial charge in [-0.05, 0) is 25.0 Å². The van der Waals surface area contributed by atoms with Gasteiger partial charge in [0, 0.05) is 0 Å². The Balaban J connectivity index is 1.76. The summed E-state index contributed by atoms with van der Waals surface area (Å²) in [7, 11) is 0. The van der Waals surface area contributed by atoms with Gasteiger partial charge in [-0.25, -0.2) is 0 Å². The van der Waals surface area contributed by atoms with Crippen molar-refractivity contribution in [2.24, 2.45) is 10.8 Å². The maximum atomic E-state index is 11.1. The number of piperidine rings is 2. The Bertz CT molecular complexity index is 550. The number of aliphatic hydroxyl groups is 1. The molecule has 0 radical (unpaired) electrons. The Morgan fingerprint density at radius 1 is 1.05 bits per heavy atom. The van der Waals surface area contributed by atoms with Crippen molar-refractivity contribution in [2.75, 3.05) is 26.2 Å². The molecule has 3 N–H and O–H groups in total. The van der Waals surface area contributed by atoms with Crippen molar-refractivity contribution in [3.63, 3.8) is 0 Å². The van der Waals surface area contributed by atoms with Crippen molar-refractivity contribution in [3.8, 4) is 0 Å². The molecule has 3 nitrogen and oxygen atoms in total. The summed E-state index contributed by atoms with van der Waals surface area (Å²) in [6.45, 7) is 8.87. The fourth-order valence-electron chi connectivity index (χ4n) is 5.83. The molecule has 0 atom stereocenters. The van der Waals surface area contributed by atoms with Crippen LogP contribution in [0.15, 0.2) is 24.3 Å². The lowest BCUT2D eigenvalue weighted by atomic mass is 9.57. The van der Waals surface area contributed by atoms with Gasteiger partial charge in [-0.2, -0.15) is 0 Å². The molecular formula is C18H27ClN2O+2. The minimum Gasteiger partial charge on any atom is -0.391 e. The van der Waals surface area contributed by atoms with E-state index in [0.717, 1.165) is 44.0 Å². The second kappa shape index (κ2) is 4.94. The molecule has 4 bridgehead atoms. The maximum Gasteiger partial charge on any atom is 0.241 e. The van der Waals surface area contributed by atoms with Crippen LogP contribution in [0.5, 0.6) is 0 Å². The molecule has 1 aromatic carbocycles. The van der Waals surface area contributed by atoms with E-state index in [1.165, 1.54) is 5.56 Å². The largest absolute Gasteiger partial charge is 0.391 e. The van der Waals surface area contributed by atoms with Gasteiger partial charge in [0.25, 0.3) is 0 Å². The fourth-order valence-corrected chi connectivity index (χ4v) is 6.07. The number of quaternary nitrogens is 2. The standard InChI is InChI=1S/C18H25ClN2O/c1-3-17-9-20-11-18(4-2,16(17)22)12-21(10-17)15(20)13-7-5-6-8-14(13)19/h5-8,15-16,22H,3-4,9-12H2,1-2H3/p+2. The number of hydrogen-bond acceptors (Lipinski definition) is 1. The molecular weight excluding hydrogens is 296 g/mol. The lowest BCUT2D eigenvalue weighted by Gasteiger charge is -2.64. The van der Waals surface area contributed by atoms with Gasteiger partial charge in [-0.1, -0.05) is 37.6 Å². The first kappa shape index (κ1) is 14.9.